The van der Waals surface area contributed by atoms with E-state index < -0.39 is 6.03 Å². The molecule has 1 aliphatic rings. The van der Waals surface area contributed by atoms with Gasteiger partial charge in [-0.3, -0.25) is 15.0 Å². The predicted octanol–water partition coefficient (Wildman–Crippen LogP) is 2.79. The number of urea groups is 1. The number of imide groups is 1. The van der Waals surface area contributed by atoms with Gasteiger partial charge in [0.25, 0.3) is 0 Å². The smallest absolute Gasteiger partial charge is 0.292 e. The van der Waals surface area contributed by atoms with Crippen LogP contribution in [-0.4, -0.2) is 18.5 Å². The number of halogens is 2. The van der Waals surface area contributed by atoms with Crippen LogP contribution < -0.4 is 10.2 Å². The summed E-state index contributed by atoms with van der Waals surface area (Å²) in [5.74, 6) is -0.483. The first-order valence-electron chi connectivity index (χ1n) is 5.07. The fourth-order valence-electron chi connectivity index (χ4n) is 1.64. The van der Waals surface area contributed by atoms with Crippen molar-refractivity contribution >= 4 is 45.2 Å². The number of nitrogens with one attached hydrogen (secondary N) is 1. The number of carbonyl (C=O) groups is 2. The molecule has 1 saturated heterocycles. The van der Waals surface area contributed by atoms with Gasteiger partial charge < -0.3 is 0 Å². The summed E-state index contributed by atoms with van der Waals surface area (Å²) >= 11 is 9.31. The van der Waals surface area contributed by atoms with Crippen LogP contribution in [0, 0.1) is 5.92 Å². The Morgan fingerprint density at radius 3 is 2.88 bits per heavy atom. The molecule has 0 bridgehead atoms. The van der Waals surface area contributed by atoms with Gasteiger partial charge in [0.05, 0.1) is 21.1 Å². The van der Waals surface area contributed by atoms with Crippen LogP contribution in [0.3, 0.4) is 0 Å². The minimum absolute atomic E-state index is 0.237. The summed E-state index contributed by atoms with van der Waals surface area (Å²) < 4.78 is 0.651. The molecule has 2 rings (SSSR count). The molecule has 1 aromatic carbocycles. The molecule has 4 nitrogen and oxygen atoms in total. The molecular weight excluding hydrogens is 307 g/mol. The Hall–Kier alpha value is -1.07. The molecule has 1 N–H and O–H groups in total. The Labute approximate surface area is 112 Å². The van der Waals surface area contributed by atoms with Crippen molar-refractivity contribution in [1.29, 1.82) is 0 Å². The number of anilines is 1. The number of hydrogen-bond donors (Lipinski definition) is 1. The van der Waals surface area contributed by atoms with Gasteiger partial charge in [-0.05, 0) is 28.1 Å². The summed E-state index contributed by atoms with van der Waals surface area (Å²) in [6, 6.07) is 4.84. The van der Waals surface area contributed by atoms with E-state index in [2.05, 4.69) is 21.2 Å². The summed E-state index contributed by atoms with van der Waals surface area (Å²) in [6.45, 7) is 2.12. The van der Waals surface area contributed by atoms with E-state index in [4.69, 9.17) is 11.6 Å². The summed E-state index contributed by atoms with van der Waals surface area (Å²) in [7, 11) is 0. The molecule has 0 aliphatic carbocycles. The van der Waals surface area contributed by atoms with E-state index in [9.17, 15) is 9.59 Å². The van der Waals surface area contributed by atoms with Crippen molar-refractivity contribution in [2.75, 3.05) is 11.4 Å². The fraction of sp³-hybridized carbons (Fsp3) is 0.273. The molecule has 90 valence electrons. The van der Waals surface area contributed by atoms with Crippen LogP contribution in [0.1, 0.15) is 6.92 Å². The van der Waals surface area contributed by atoms with Crippen molar-refractivity contribution < 1.29 is 9.59 Å². The van der Waals surface area contributed by atoms with Crippen LogP contribution in [0.25, 0.3) is 0 Å². The minimum Gasteiger partial charge on any atom is -0.292 e. The lowest BCUT2D eigenvalue weighted by atomic mass is 10.1. The zero-order valence-electron chi connectivity index (χ0n) is 9.04. The third-order valence-electron chi connectivity index (χ3n) is 2.60. The molecule has 3 amide bonds. The van der Waals surface area contributed by atoms with Gasteiger partial charge in [-0.1, -0.05) is 24.6 Å². The number of carbonyl (C=O) groups excluding carboxylic acids is 2. The quantitative estimate of drug-likeness (QED) is 0.866. The average molecular weight is 318 g/mol. The van der Waals surface area contributed by atoms with E-state index in [0.717, 1.165) is 0 Å². The van der Waals surface area contributed by atoms with Crippen molar-refractivity contribution in [3.63, 3.8) is 0 Å². The second kappa shape index (κ2) is 4.66. The Morgan fingerprint density at radius 2 is 2.18 bits per heavy atom. The summed E-state index contributed by atoms with van der Waals surface area (Å²) in [5, 5.41) is 2.84. The van der Waals surface area contributed by atoms with E-state index in [1.54, 1.807) is 25.1 Å². The SMILES string of the molecule is CC1CN(c2cccc(Cl)c2Br)C(=O)NC1=O. The third kappa shape index (κ3) is 2.30. The molecule has 0 spiro atoms. The van der Waals surface area contributed by atoms with Crippen LogP contribution in [0.4, 0.5) is 10.5 Å². The Balaban J connectivity index is 2.36. The van der Waals surface area contributed by atoms with E-state index in [-0.39, 0.29) is 11.8 Å². The number of amides is 3. The van der Waals surface area contributed by atoms with E-state index in [1.807, 2.05) is 0 Å². The molecule has 0 aromatic heterocycles. The molecule has 1 unspecified atom stereocenters. The molecule has 1 fully saturated rings. The fourth-order valence-corrected chi connectivity index (χ4v) is 2.29. The number of rotatable bonds is 1. The molecular formula is C11H10BrClN2O2. The molecule has 6 heteroatoms. The van der Waals surface area contributed by atoms with E-state index in [1.165, 1.54) is 4.90 Å². The highest BCUT2D eigenvalue weighted by Gasteiger charge is 2.31. The third-order valence-corrected chi connectivity index (χ3v) is 3.98. The highest BCUT2D eigenvalue weighted by molar-refractivity contribution is 9.10. The van der Waals surface area contributed by atoms with Gasteiger partial charge in [-0.2, -0.15) is 0 Å². The highest BCUT2D eigenvalue weighted by Crippen LogP contribution is 2.33. The topological polar surface area (TPSA) is 49.4 Å². The van der Waals surface area contributed by atoms with E-state index >= 15 is 0 Å². The molecule has 1 atom stereocenters. The lowest BCUT2D eigenvalue weighted by Crippen LogP contribution is -2.54. The second-order valence-corrected chi connectivity index (χ2v) is 5.08. The molecule has 17 heavy (non-hydrogen) atoms. The predicted molar refractivity (Wildman–Crippen MR) is 69.2 cm³/mol. The van der Waals surface area contributed by atoms with Crippen molar-refractivity contribution in [2.24, 2.45) is 5.92 Å². The largest absolute Gasteiger partial charge is 0.328 e. The van der Waals surface area contributed by atoms with Crippen LogP contribution in [-0.2, 0) is 4.79 Å². The van der Waals surface area contributed by atoms with Crippen LogP contribution in [0.15, 0.2) is 22.7 Å². The number of nitrogens with zero attached hydrogens (tertiary/aromatic N) is 1. The summed E-state index contributed by atoms with van der Waals surface area (Å²) in [4.78, 5) is 24.6. The maximum Gasteiger partial charge on any atom is 0.328 e. The van der Waals surface area contributed by atoms with Crippen molar-refractivity contribution in [2.45, 2.75) is 6.92 Å². The number of hydrogen-bond acceptors (Lipinski definition) is 2. The molecule has 1 heterocycles. The zero-order chi connectivity index (χ0) is 12.6. The molecule has 1 aromatic rings. The van der Waals surface area contributed by atoms with Crippen molar-refractivity contribution in [3.05, 3.63) is 27.7 Å². The van der Waals surface area contributed by atoms with Gasteiger partial charge in [0.15, 0.2) is 0 Å². The van der Waals surface area contributed by atoms with Gasteiger partial charge in [-0.15, -0.1) is 0 Å². The average Bonchev–Trinajstić information content (AvgIpc) is 2.28. The molecule has 1 aliphatic heterocycles. The van der Waals surface area contributed by atoms with Gasteiger partial charge in [-0.25, -0.2) is 4.79 Å². The van der Waals surface area contributed by atoms with Gasteiger partial charge in [0.1, 0.15) is 0 Å². The first-order chi connectivity index (χ1) is 8.00. The van der Waals surface area contributed by atoms with Crippen LogP contribution in [0.5, 0.6) is 0 Å². The lowest BCUT2D eigenvalue weighted by Gasteiger charge is -2.31. The van der Waals surface area contributed by atoms with Crippen molar-refractivity contribution in [3.8, 4) is 0 Å². The minimum atomic E-state index is -0.420. The Morgan fingerprint density at radius 1 is 1.47 bits per heavy atom. The normalized spacial score (nSPS) is 20.4. The standard InChI is InChI=1S/C11H10BrClN2O2/c1-6-5-15(11(17)14-10(6)16)8-4-2-3-7(13)9(8)12/h2-4,6H,5H2,1H3,(H,14,16,17). The highest BCUT2D eigenvalue weighted by atomic mass is 79.9. The molecule has 0 saturated carbocycles. The van der Waals surface area contributed by atoms with Crippen LogP contribution in [0.2, 0.25) is 5.02 Å². The number of benzene rings is 1. The Bertz CT molecular complexity index is 492. The molecule has 0 radical (unpaired) electrons. The monoisotopic (exact) mass is 316 g/mol. The van der Waals surface area contributed by atoms with Crippen molar-refractivity contribution in [1.82, 2.24) is 5.32 Å². The van der Waals surface area contributed by atoms with Gasteiger partial charge in [0.2, 0.25) is 5.91 Å². The summed E-state index contributed by atoms with van der Waals surface area (Å²) in [5.41, 5.74) is 0.661. The summed E-state index contributed by atoms with van der Waals surface area (Å²) in [6.07, 6.45) is 0. The second-order valence-electron chi connectivity index (χ2n) is 3.88. The first-order valence-corrected chi connectivity index (χ1v) is 6.24. The Kier molecular flexibility index (Phi) is 3.40. The van der Waals surface area contributed by atoms with Gasteiger partial charge in [0, 0.05) is 6.54 Å². The van der Waals surface area contributed by atoms with Crippen LogP contribution >= 0.6 is 27.5 Å². The lowest BCUT2D eigenvalue weighted by molar-refractivity contribution is -0.123. The maximum atomic E-state index is 11.7. The first kappa shape index (κ1) is 12.4. The maximum absolute atomic E-state index is 11.7. The van der Waals surface area contributed by atoms with Gasteiger partial charge >= 0.3 is 6.03 Å². The van der Waals surface area contributed by atoms with E-state index in [0.29, 0.717) is 21.7 Å². The zero-order valence-corrected chi connectivity index (χ0v) is 11.4.